The van der Waals surface area contributed by atoms with Gasteiger partial charge in [-0.25, -0.2) is 8.42 Å². The number of thiocarbonyl (C=S) groups is 1. The van der Waals surface area contributed by atoms with Gasteiger partial charge in [-0.2, -0.15) is 4.31 Å². The molecule has 1 amide bonds. The van der Waals surface area contributed by atoms with Crippen LogP contribution in [0.2, 0.25) is 0 Å². The molecule has 0 aromatic heterocycles. The number of hydrazine groups is 1. The summed E-state index contributed by atoms with van der Waals surface area (Å²) in [5, 5.41) is 3.14. The largest absolute Gasteiger partial charge is 0.494 e. The molecule has 31 heavy (non-hydrogen) atoms. The van der Waals surface area contributed by atoms with E-state index in [1.54, 1.807) is 24.3 Å². The van der Waals surface area contributed by atoms with E-state index < -0.39 is 15.9 Å². The summed E-state index contributed by atoms with van der Waals surface area (Å²) in [4.78, 5) is 12.5. The summed E-state index contributed by atoms with van der Waals surface area (Å²) in [6.45, 7) is 3.86. The monoisotopic (exact) mass is 464 g/mol. The van der Waals surface area contributed by atoms with E-state index in [0.717, 1.165) is 11.4 Å². The molecule has 1 saturated heterocycles. The molecule has 0 atom stereocenters. The number of hydrogen-bond donors (Lipinski definition) is 3. The Morgan fingerprint density at radius 1 is 1.06 bits per heavy atom. The molecule has 3 N–H and O–H groups in total. The number of anilines is 1. The van der Waals surface area contributed by atoms with Gasteiger partial charge in [-0.05, 0) is 67.7 Å². The normalized spacial score (nSPS) is 14.5. The maximum Gasteiger partial charge on any atom is 0.269 e. The van der Waals surface area contributed by atoms with E-state index in [2.05, 4.69) is 16.2 Å². The molecule has 0 bridgehead atoms. The van der Waals surface area contributed by atoms with Crippen molar-refractivity contribution in [2.45, 2.75) is 11.8 Å². The third kappa shape index (κ3) is 6.14. The van der Waals surface area contributed by atoms with Gasteiger partial charge in [0, 0.05) is 24.3 Å². The Morgan fingerprint density at radius 2 is 1.71 bits per heavy atom. The summed E-state index contributed by atoms with van der Waals surface area (Å²) >= 11 is 5.17. The van der Waals surface area contributed by atoms with E-state index in [9.17, 15) is 13.2 Å². The first-order chi connectivity index (χ1) is 14.9. The fourth-order valence-electron chi connectivity index (χ4n) is 2.86. The van der Waals surface area contributed by atoms with Crippen LogP contribution < -0.4 is 20.9 Å². The van der Waals surface area contributed by atoms with Gasteiger partial charge >= 0.3 is 0 Å². The Kier molecular flexibility index (Phi) is 7.80. The lowest BCUT2D eigenvalue weighted by molar-refractivity contribution is 0.0730. The molecule has 2 aromatic rings. The Bertz CT molecular complexity index is 1000. The molecule has 0 aliphatic carbocycles. The van der Waals surface area contributed by atoms with Crippen LogP contribution in [0.25, 0.3) is 0 Å². The van der Waals surface area contributed by atoms with E-state index in [-0.39, 0.29) is 15.6 Å². The first-order valence-corrected chi connectivity index (χ1v) is 11.5. The minimum absolute atomic E-state index is 0.131. The van der Waals surface area contributed by atoms with Gasteiger partial charge in [0.25, 0.3) is 5.91 Å². The Balaban J connectivity index is 1.52. The van der Waals surface area contributed by atoms with Crippen LogP contribution in [0.1, 0.15) is 17.3 Å². The van der Waals surface area contributed by atoms with Crippen molar-refractivity contribution in [1.29, 1.82) is 0 Å². The van der Waals surface area contributed by atoms with Gasteiger partial charge < -0.3 is 14.8 Å². The summed E-state index contributed by atoms with van der Waals surface area (Å²) < 4.78 is 37.2. The van der Waals surface area contributed by atoms with Crippen LogP contribution >= 0.6 is 12.2 Å². The van der Waals surface area contributed by atoms with Crippen molar-refractivity contribution in [2.75, 3.05) is 38.2 Å². The molecule has 1 heterocycles. The number of benzene rings is 2. The lowest BCUT2D eigenvalue weighted by Crippen LogP contribution is -2.43. The average Bonchev–Trinajstić information content (AvgIpc) is 2.79. The molecule has 3 rings (SSSR count). The maximum atomic E-state index is 12.6. The standard InChI is InChI=1S/C20H24N4O5S2/c1-2-29-17-7-5-16(6-8-17)21-20(30)23-22-19(25)15-3-9-18(10-4-15)31(26,27)24-11-13-28-14-12-24/h3-10H,2,11-14H2,1H3,(H,22,25)(H2,21,23,30). The van der Waals surface area contributed by atoms with Gasteiger partial charge in [0.1, 0.15) is 5.75 Å². The van der Waals surface area contributed by atoms with E-state index in [0.29, 0.717) is 32.9 Å². The molecule has 0 spiro atoms. The number of amides is 1. The zero-order valence-corrected chi connectivity index (χ0v) is 18.6. The second-order valence-corrected chi connectivity index (χ2v) is 8.88. The van der Waals surface area contributed by atoms with Gasteiger partial charge in [0.15, 0.2) is 5.11 Å². The predicted octanol–water partition coefficient (Wildman–Crippen LogP) is 1.74. The second kappa shape index (κ2) is 10.5. The number of nitrogens with zero attached hydrogens (tertiary/aromatic N) is 1. The summed E-state index contributed by atoms with van der Waals surface area (Å²) in [5.41, 5.74) is 6.11. The fourth-order valence-corrected chi connectivity index (χ4v) is 4.44. The lowest BCUT2D eigenvalue weighted by atomic mass is 10.2. The fraction of sp³-hybridized carbons (Fsp3) is 0.300. The van der Waals surface area contributed by atoms with Gasteiger partial charge in [0.05, 0.1) is 24.7 Å². The van der Waals surface area contributed by atoms with Crippen molar-refractivity contribution in [3.05, 3.63) is 54.1 Å². The smallest absolute Gasteiger partial charge is 0.269 e. The third-order valence-corrected chi connectivity index (χ3v) is 6.55. The average molecular weight is 465 g/mol. The van der Waals surface area contributed by atoms with E-state index in [1.807, 2.05) is 6.92 Å². The maximum absolute atomic E-state index is 12.6. The number of carbonyl (C=O) groups excluding carboxylic acids is 1. The molecule has 0 radical (unpaired) electrons. The van der Waals surface area contributed by atoms with E-state index in [1.165, 1.54) is 28.6 Å². The van der Waals surface area contributed by atoms with Crippen molar-refractivity contribution in [3.8, 4) is 5.75 Å². The molecular formula is C20H24N4O5S2. The molecule has 0 saturated carbocycles. The first-order valence-electron chi connectivity index (χ1n) is 9.68. The van der Waals surface area contributed by atoms with Crippen LogP contribution in [-0.2, 0) is 14.8 Å². The molecule has 166 valence electrons. The highest BCUT2D eigenvalue weighted by molar-refractivity contribution is 7.89. The van der Waals surface area contributed by atoms with Gasteiger partial charge in [0.2, 0.25) is 10.0 Å². The number of hydrogen-bond acceptors (Lipinski definition) is 6. The highest BCUT2D eigenvalue weighted by Gasteiger charge is 2.26. The molecule has 1 fully saturated rings. The Labute approximate surface area is 186 Å². The molecule has 1 aliphatic rings. The number of morpholine rings is 1. The van der Waals surface area contributed by atoms with E-state index in [4.69, 9.17) is 21.7 Å². The van der Waals surface area contributed by atoms with Crippen LogP contribution in [-0.4, -0.2) is 56.7 Å². The molecule has 1 aliphatic heterocycles. The number of rotatable bonds is 6. The van der Waals surface area contributed by atoms with Crippen molar-refractivity contribution < 1.29 is 22.7 Å². The highest BCUT2D eigenvalue weighted by atomic mass is 32.2. The minimum Gasteiger partial charge on any atom is -0.494 e. The Hall–Kier alpha value is -2.73. The van der Waals surface area contributed by atoms with Gasteiger partial charge in [-0.15, -0.1) is 0 Å². The zero-order chi connectivity index (χ0) is 22.3. The Morgan fingerprint density at radius 3 is 2.32 bits per heavy atom. The number of nitrogens with one attached hydrogen (secondary N) is 3. The van der Waals surface area contributed by atoms with Crippen molar-refractivity contribution in [1.82, 2.24) is 15.2 Å². The van der Waals surface area contributed by atoms with Crippen LogP contribution in [0.15, 0.2) is 53.4 Å². The topological polar surface area (TPSA) is 109 Å². The lowest BCUT2D eigenvalue weighted by Gasteiger charge is -2.26. The minimum atomic E-state index is -3.61. The predicted molar refractivity (Wildman–Crippen MR) is 120 cm³/mol. The molecule has 9 nitrogen and oxygen atoms in total. The van der Waals surface area contributed by atoms with Crippen LogP contribution in [0.4, 0.5) is 5.69 Å². The van der Waals surface area contributed by atoms with Crippen molar-refractivity contribution >= 4 is 38.9 Å². The molecule has 2 aromatic carbocycles. The zero-order valence-electron chi connectivity index (χ0n) is 17.0. The van der Waals surface area contributed by atoms with Crippen LogP contribution in [0.3, 0.4) is 0 Å². The van der Waals surface area contributed by atoms with Crippen LogP contribution in [0.5, 0.6) is 5.75 Å². The third-order valence-electron chi connectivity index (χ3n) is 4.44. The molecule has 0 unspecified atom stereocenters. The number of carbonyl (C=O) groups is 1. The first kappa shape index (κ1) is 22.9. The van der Waals surface area contributed by atoms with E-state index >= 15 is 0 Å². The summed E-state index contributed by atoms with van der Waals surface area (Å²) in [6, 6.07) is 12.9. The summed E-state index contributed by atoms with van der Waals surface area (Å²) in [7, 11) is -3.61. The van der Waals surface area contributed by atoms with Gasteiger partial charge in [-0.3, -0.25) is 15.6 Å². The summed E-state index contributed by atoms with van der Waals surface area (Å²) in [5.74, 6) is 0.297. The van der Waals surface area contributed by atoms with Crippen molar-refractivity contribution in [2.24, 2.45) is 0 Å². The van der Waals surface area contributed by atoms with Gasteiger partial charge in [-0.1, -0.05) is 0 Å². The molecular weight excluding hydrogens is 440 g/mol. The SMILES string of the molecule is CCOc1ccc(NC(=S)NNC(=O)c2ccc(S(=O)(=O)N3CCOCC3)cc2)cc1. The molecule has 11 heteroatoms. The quantitative estimate of drug-likeness (QED) is 0.438. The second-order valence-electron chi connectivity index (χ2n) is 6.53. The van der Waals surface area contributed by atoms with Crippen molar-refractivity contribution in [3.63, 3.8) is 0 Å². The number of ether oxygens (including phenoxy) is 2. The van der Waals surface area contributed by atoms with Crippen LogP contribution in [0, 0.1) is 0 Å². The number of sulfonamides is 1. The highest BCUT2D eigenvalue weighted by Crippen LogP contribution is 2.18. The summed E-state index contributed by atoms with van der Waals surface area (Å²) in [6.07, 6.45) is 0.